The van der Waals surface area contributed by atoms with Crippen LogP contribution in [0.25, 0.3) is 33.1 Å². The van der Waals surface area contributed by atoms with Crippen molar-refractivity contribution in [2.75, 3.05) is 62.3 Å². The molecule has 2 aliphatic heterocycles. The second-order valence-electron chi connectivity index (χ2n) is 9.32. The van der Waals surface area contributed by atoms with E-state index < -0.39 is 0 Å². The van der Waals surface area contributed by atoms with Crippen molar-refractivity contribution in [3.05, 3.63) is 61.2 Å². The third kappa shape index (κ3) is 3.87. The zero-order valence-corrected chi connectivity index (χ0v) is 20.6. The van der Waals surface area contributed by atoms with Gasteiger partial charge in [0.1, 0.15) is 11.5 Å². The van der Waals surface area contributed by atoms with Gasteiger partial charge in [0.2, 0.25) is 11.9 Å². The van der Waals surface area contributed by atoms with Crippen molar-refractivity contribution in [2.24, 2.45) is 7.05 Å². The second kappa shape index (κ2) is 9.28. The number of morpholine rings is 1. The minimum atomic E-state index is -0.0190. The Balaban J connectivity index is 1.48. The molecule has 0 radical (unpaired) electrons. The summed E-state index contributed by atoms with van der Waals surface area (Å²) in [4.78, 5) is 28.6. The summed E-state index contributed by atoms with van der Waals surface area (Å²) in [5.41, 5.74) is 3.19. The molecule has 1 amide bonds. The number of aromatic nitrogens is 3. The lowest BCUT2D eigenvalue weighted by Crippen LogP contribution is -2.48. The number of carbonyl (C=O) groups is 1. The fourth-order valence-corrected chi connectivity index (χ4v) is 5.29. The number of benzene rings is 2. The molecule has 184 valence electrons. The molecule has 0 unspecified atom stereocenters. The molecule has 2 aromatic carbocycles. The molecule has 0 aliphatic carbocycles. The Morgan fingerprint density at radius 1 is 0.917 bits per heavy atom. The Morgan fingerprint density at radius 2 is 1.67 bits per heavy atom. The molecule has 8 nitrogen and oxygen atoms in total. The van der Waals surface area contributed by atoms with Crippen LogP contribution in [0, 0.1) is 0 Å². The first kappa shape index (κ1) is 22.5. The molecule has 2 aromatic heterocycles. The standard InChI is InChI=1S/C28H30N6O2/c1-3-25(35)32-11-13-33(14-12-32)27-23-19-24(22-10-6-8-20-7-4-5-9-21(20)22)31(2)26(23)29-28(30-27)34-15-17-36-18-16-34/h3-10,19H,1,11-18H2,2H3. The molecule has 4 aromatic rings. The highest BCUT2D eigenvalue weighted by Crippen LogP contribution is 2.36. The van der Waals surface area contributed by atoms with Gasteiger partial charge in [-0.1, -0.05) is 49.0 Å². The van der Waals surface area contributed by atoms with Gasteiger partial charge in [0, 0.05) is 51.9 Å². The van der Waals surface area contributed by atoms with Crippen LogP contribution in [0.5, 0.6) is 0 Å². The molecule has 0 spiro atoms. The first-order valence-electron chi connectivity index (χ1n) is 12.5. The van der Waals surface area contributed by atoms with Crippen molar-refractivity contribution in [3.8, 4) is 11.3 Å². The fraction of sp³-hybridized carbons (Fsp3) is 0.321. The van der Waals surface area contributed by atoms with Crippen molar-refractivity contribution in [3.63, 3.8) is 0 Å². The normalized spacial score (nSPS) is 16.6. The average molecular weight is 483 g/mol. The second-order valence-corrected chi connectivity index (χ2v) is 9.32. The fourth-order valence-electron chi connectivity index (χ4n) is 5.29. The Morgan fingerprint density at radius 3 is 2.44 bits per heavy atom. The number of amides is 1. The number of piperazine rings is 1. The summed E-state index contributed by atoms with van der Waals surface area (Å²) in [6, 6.07) is 17.1. The lowest BCUT2D eigenvalue weighted by Gasteiger charge is -2.35. The third-order valence-corrected chi connectivity index (χ3v) is 7.28. The van der Waals surface area contributed by atoms with Crippen LogP contribution >= 0.6 is 0 Å². The SMILES string of the molecule is C=CC(=O)N1CCN(c2nc(N3CCOCC3)nc3c2cc(-c2cccc4ccccc24)n3C)CC1. The number of aryl methyl sites for hydroxylation is 1. The number of carbonyl (C=O) groups excluding carboxylic acids is 1. The van der Waals surface area contributed by atoms with Gasteiger partial charge in [0.05, 0.1) is 24.3 Å². The summed E-state index contributed by atoms with van der Waals surface area (Å²) in [5, 5.41) is 3.45. The summed E-state index contributed by atoms with van der Waals surface area (Å²) in [7, 11) is 2.08. The minimum absolute atomic E-state index is 0.0190. The van der Waals surface area contributed by atoms with Gasteiger partial charge in [-0.25, -0.2) is 0 Å². The molecule has 2 saturated heterocycles. The molecule has 0 saturated carbocycles. The van der Waals surface area contributed by atoms with Crippen molar-refractivity contribution in [1.29, 1.82) is 0 Å². The maximum atomic E-state index is 12.1. The van der Waals surface area contributed by atoms with Crippen LogP contribution in [0.2, 0.25) is 0 Å². The third-order valence-electron chi connectivity index (χ3n) is 7.28. The molecule has 8 heteroatoms. The van der Waals surface area contributed by atoms with Gasteiger partial charge >= 0.3 is 0 Å². The predicted molar refractivity (Wildman–Crippen MR) is 143 cm³/mol. The summed E-state index contributed by atoms with van der Waals surface area (Å²) in [6.07, 6.45) is 1.39. The van der Waals surface area contributed by atoms with Crippen molar-refractivity contribution >= 4 is 39.5 Å². The van der Waals surface area contributed by atoms with E-state index in [2.05, 4.69) is 76.5 Å². The van der Waals surface area contributed by atoms with Crippen LogP contribution in [0.15, 0.2) is 61.2 Å². The van der Waals surface area contributed by atoms with Crippen LogP contribution in [0.1, 0.15) is 0 Å². The van der Waals surface area contributed by atoms with Crippen molar-refractivity contribution in [2.45, 2.75) is 0 Å². The Kier molecular flexibility index (Phi) is 5.81. The molecule has 0 bridgehead atoms. The van der Waals surface area contributed by atoms with Crippen LogP contribution in [-0.2, 0) is 16.6 Å². The van der Waals surface area contributed by atoms with Crippen LogP contribution in [0.3, 0.4) is 0 Å². The van der Waals surface area contributed by atoms with Gasteiger partial charge in [-0.2, -0.15) is 9.97 Å². The van der Waals surface area contributed by atoms with E-state index in [0.29, 0.717) is 39.4 Å². The van der Waals surface area contributed by atoms with Crippen molar-refractivity contribution in [1.82, 2.24) is 19.4 Å². The summed E-state index contributed by atoms with van der Waals surface area (Å²) >= 11 is 0. The zero-order valence-electron chi connectivity index (χ0n) is 20.6. The molecule has 4 heterocycles. The zero-order chi connectivity index (χ0) is 24.6. The molecule has 36 heavy (non-hydrogen) atoms. The summed E-state index contributed by atoms with van der Waals surface area (Å²) in [5.74, 6) is 1.64. The van der Waals surface area contributed by atoms with Gasteiger partial charge < -0.3 is 24.0 Å². The van der Waals surface area contributed by atoms with E-state index in [1.54, 1.807) is 0 Å². The number of rotatable bonds is 4. The van der Waals surface area contributed by atoms with Gasteiger partial charge in [0.25, 0.3) is 0 Å². The molecule has 6 rings (SSSR count). The lowest BCUT2D eigenvalue weighted by atomic mass is 10.0. The highest BCUT2D eigenvalue weighted by Gasteiger charge is 2.26. The average Bonchev–Trinajstić information content (AvgIpc) is 3.28. The quantitative estimate of drug-likeness (QED) is 0.415. The van der Waals surface area contributed by atoms with Crippen LogP contribution in [-0.4, -0.2) is 77.8 Å². The van der Waals surface area contributed by atoms with Crippen LogP contribution in [0.4, 0.5) is 11.8 Å². The minimum Gasteiger partial charge on any atom is -0.378 e. The van der Waals surface area contributed by atoms with Gasteiger partial charge in [0.15, 0.2) is 0 Å². The number of hydrogen-bond donors (Lipinski definition) is 0. The lowest BCUT2D eigenvalue weighted by molar-refractivity contribution is -0.126. The van der Waals surface area contributed by atoms with Crippen molar-refractivity contribution < 1.29 is 9.53 Å². The highest BCUT2D eigenvalue weighted by molar-refractivity contribution is 6.01. The molecular formula is C28H30N6O2. The number of ether oxygens (including phenoxy) is 1. The van der Waals surface area contributed by atoms with E-state index in [9.17, 15) is 4.79 Å². The maximum Gasteiger partial charge on any atom is 0.246 e. The van der Waals surface area contributed by atoms with E-state index in [-0.39, 0.29) is 5.91 Å². The number of nitrogens with zero attached hydrogens (tertiary/aromatic N) is 6. The first-order chi connectivity index (χ1) is 17.6. The number of fused-ring (bicyclic) bond motifs is 2. The summed E-state index contributed by atoms with van der Waals surface area (Å²) < 4.78 is 7.75. The monoisotopic (exact) mass is 482 g/mol. The van der Waals surface area contributed by atoms with E-state index in [1.807, 2.05) is 4.90 Å². The Hall–Kier alpha value is -3.91. The molecule has 2 aliphatic rings. The Bertz CT molecular complexity index is 1440. The maximum absolute atomic E-state index is 12.1. The Labute approximate surface area is 210 Å². The van der Waals surface area contributed by atoms with E-state index >= 15 is 0 Å². The molecule has 2 fully saturated rings. The predicted octanol–water partition coefficient (Wildman–Crippen LogP) is 3.46. The number of hydrogen-bond acceptors (Lipinski definition) is 6. The van der Waals surface area contributed by atoms with Gasteiger partial charge in [-0.05, 0) is 22.9 Å². The van der Waals surface area contributed by atoms with E-state index in [0.717, 1.165) is 41.6 Å². The van der Waals surface area contributed by atoms with E-state index in [4.69, 9.17) is 14.7 Å². The first-order valence-corrected chi connectivity index (χ1v) is 12.5. The smallest absolute Gasteiger partial charge is 0.246 e. The van der Waals surface area contributed by atoms with E-state index in [1.165, 1.54) is 22.4 Å². The molecule has 0 atom stereocenters. The number of anilines is 2. The molecular weight excluding hydrogens is 452 g/mol. The van der Waals surface area contributed by atoms with Crippen LogP contribution < -0.4 is 9.80 Å². The summed E-state index contributed by atoms with van der Waals surface area (Å²) in [6.45, 7) is 9.25. The molecule has 0 N–H and O–H groups in total. The largest absolute Gasteiger partial charge is 0.378 e. The van der Waals surface area contributed by atoms with Gasteiger partial charge in [-0.3, -0.25) is 4.79 Å². The topological polar surface area (TPSA) is 66.7 Å². The highest BCUT2D eigenvalue weighted by atomic mass is 16.5. The van der Waals surface area contributed by atoms with Gasteiger partial charge in [-0.15, -0.1) is 0 Å².